The first-order valence-electron chi connectivity index (χ1n) is 16.5. The van der Waals surface area contributed by atoms with Gasteiger partial charge in [-0.15, -0.1) is 0 Å². The third kappa shape index (κ3) is 5.67. The minimum atomic E-state index is -0.487. The van der Waals surface area contributed by atoms with Crippen molar-refractivity contribution >= 4 is 16.9 Å². The summed E-state index contributed by atoms with van der Waals surface area (Å²) in [6, 6.07) is 22.9. The molecule has 45 heavy (non-hydrogen) atoms. The van der Waals surface area contributed by atoms with Crippen molar-refractivity contribution in [2.24, 2.45) is 0 Å². The van der Waals surface area contributed by atoms with Gasteiger partial charge in [-0.25, -0.2) is 13.8 Å². The quantitative estimate of drug-likeness (QED) is 0.241. The standard InChI is InChI=1S/C37H43F2N5O/c1-25-41-33-8-3-4-9-34(33)44(25)32-23-30-14-15-31(24-32)43(30)21-18-37(27-6-5-7-29(39)22-27)16-19-42(20-17-37)35(36(45)40-2)26-10-12-28(38)13-11-26/h3-13,22,30-32,35H,14-21,23-24H2,1-2H3,(H,40,45)/t30-,31+,32+,35?. The number of likely N-dealkylation sites (tertiary alicyclic amines) is 1. The number of likely N-dealkylation sites (N-methyl/N-ethyl adjacent to an activating group) is 1. The molecule has 4 aromatic rings. The van der Waals surface area contributed by atoms with Gasteiger partial charge in [0.15, 0.2) is 0 Å². The van der Waals surface area contributed by atoms with E-state index >= 15 is 0 Å². The molecule has 6 nitrogen and oxygen atoms in total. The van der Waals surface area contributed by atoms with Gasteiger partial charge in [-0.1, -0.05) is 36.4 Å². The molecule has 1 N–H and O–H groups in total. The van der Waals surface area contributed by atoms with Crippen LogP contribution >= 0.6 is 0 Å². The third-order valence-electron chi connectivity index (χ3n) is 11.1. The Bertz CT molecular complexity index is 1650. The zero-order chi connectivity index (χ0) is 31.1. The molecule has 8 heteroatoms. The number of aryl methyl sites for hydroxylation is 1. The largest absolute Gasteiger partial charge is 0.358 e. The van der Waals surface area contributed by atoms with E-state index in [0.29, 0.717) is 31.2 Å². The molecule has 7 rings (SSSR count). The molecule has 4 atom stereocenters. The minimum absolute atomic E-state index is 0.0970. The molecule has 1 amide bonds. The van der Waals surface area contributed by atoms with Crippen molar-refractivity contribution < 1.29 is 13.6 Å². The monoisotopic (exact) mass is 611 g/mol. The number of fused-ring (bicyclic) bond motifs is 3. The fraction of sp³-hybridized carbons (Fsp3) is 0.459. The van der Waals surface area contributed by atoms with Crippen molar-refractivity contribution in [3.05, 3.63) is 101 Å². The molecule has 2 bridgehead atoms. The average molecular weight is 612 g/mol. The van der Waals surface area contributed by atoms with Crippen LogP contribution < -0.4 is 5.32 Å². The van der Waals surface area contributed by atoms with Crippen LogP contribution in [0.15, 0.2) is 72.8 Å². The first-order chi connectivity index (χ1) is 21.8. The number of nitrogens with one attached hydrogen (secondary N) is 1. The zero-order valence-electron chi connectivity index (χ0n) is 26.3. The van der Waals surface area contributed by atoms with Crippen LogP contribution in [0.4, 0.5) is 8.78 Å². The van der Waals surface area contributed by atoms with E-state index in [1.807, 2.05) is 6.07 Å². The summed E-state index contributed by atoms with van der Waals surface area (Å²) in [6.45, 7) is 4.52. The minimum Gasteiger partial charge on any atom is -0.358 e. The first kappa shape index (κ1) is 30.1. The second kappa shape index (κ2) is 12.3. The molecular formula is C37H43F2N5O. The van der Waals surface area contributed by atoms with Gasteiger partial charge in [0, 0.05) is 38.3 Å². The summed E-state index contributed by atoms with van der Waals surface area (Å²) in [7, 11) is 1.65. The SMILES string of the molecule is CNC(=O)C(c1ccc(F)cc1)N1CCC(CCN2[C@@H]3CC[C@H]2C[C@@H](n2c(C)nc4ccccc42)C3)(c2cccc(F)c2)CC1. The molecule has 1 unspecified atom stereocenters. The molecule has 1 aromatic heterocycles. The van der Waals surface area contributed by atoms with Crippen LogP contribution in [0, 0.1) is 18.6 Å². The molecule has 3 aliphatic heterocycles. The Morgan fingerprint density at radius 1 is 0.933 bits per heavy atom. The van der Waals surface area contributed by atoms with Gasteiger partial charge >= 0.3 is 0 Å². The molecule has 0 saturated carbocycles. The fourth-order valence-electron chi connectivity index (χ4n) is 8.81. The number of piperidine rings is 2. The highest BCUT2D eigenvalue weighted by molar-refractivity contribution is 5.83. The van der Waals surface area contributed by atoms with Crippen LogP contribution in [-0.2, 0) is 10.2 Å². The van der Waals surface area contributed by atoms with E-state index in [0.717, 1.165) is 61.1 Å². The lowest BCUT2D eigenvalue weighted by molar-refractivity contribution is -0.127. The molecule has 3 aromatic carbocycles. The summed E-state index contributed by atoms with van der Waals surface area (Å²) in [4.78, 5) is 22.9. The Kier molecular flexibility index (Phi) is 8.21. The van der Waals surface area contributed by atoms with Gasteiger partial charge in [-0.2, -0.15) is 0 Å². The van der Waals surface area contributed by atoms with Crippen LogP contribution in [0.3, 0.4) is 0 Å². The first-order valence-corrected chi connectivity index (χ1v) is 16.5. The van der Waals surface area contributed by atoms with E-state index in [2.05, 4.69) is 56.9 Å². The molecule has 0 spiro atoms. The Morgan fingerprint density at radius 3 is 2.33 bits per heavy atom. The van der Waals surface area contributed by atoms with Crippen molar-refractivity contribution in [1.29, 1.82) is 0 Å². The number of amides is 1. The molecule has 4 heterocycles. The zero-order valence-corrected chi connectivity index (χ0v) is 26.3. The van der Waals surface area contributed by atoms with Gasteiger partial charge in [-0.3, -0.25) is 14.6 Å². The Hall–Kier alpha value is -3.62. The number of hydrogen-bond donors (Lipinski definition) is 1. The van der Waals surface area contributed by atoms with Gasteiger partial charge < -0.3 is 9.88 Å². The van der Waals surface area contributed by atoms with Gasteiger partial charge in [-0.05, 0) is 111 Å². The Labute approximate surface area is 264 Å². The highest BCUT2D eigenvalue weighted by Crippen LogP contribution is 2.45. The van der Waals surface area contributed by atoms with Crippen molar-refractivity contribution in [3.8, 4) is 0 Å². The molecule has 3 saturated heterocycles. The van der Waals surface area contributed by atoms with Crippen molar-refractivity contribution in [2.75, 3.05) is 26.7 Å². The van der Waals surface area contributed by atoms with Crippen molar-refractivity contribution in [3.63, 3.8) is 0 Å². The molecule has 0 radical (unpaired) electrons. The lowest BCUT2D eigenvalue weighted by Gasteiger charge is -2.47. The maximum atomic E-state index is 14.6. The van der Waals surface area contributed by atoms with Crippen LogP contribution in [-0.4, -0.2) is 64.0 Å². The number of imidazole rings is 1. The molecule has 236 valence electrons. The smallest absolute Gasteiger partial charge is 0.241 e. The van der Waals surface area contributed by atoms with E-state index in [-0.39, 0.29) is 23.0 Å². The number of para-hydroxylation sites is 2. The molecular weight excluding hydrogens is 568 g/mol. The van der Waals surface area contributed by atoms with E-state index in [1.54, 1.807) is 25.2 Å². The van der Waals surface area contributed by atoms with Crippen molar-refractivity contribution in [2.45, 2.75) is 81.5 Å². The van der Waals surface area contributed by atoms with E-state index in [9.17, 15) is 13.6 Å². The van der Waals surface area contributed by atoms with Gasteiger partial charge in [0.1, 0.15) is 23.5 Å². The summed E-state index contributed by atoms with van der Waals surface area (Å²) < 4.78 is 30.8. The van der Waals surface area contributed by atoms with E-state index in [4.69, 9.17) is 4.98 Å². The molecule has 3 aliphatic rings. The van der Waals surface area contributed by atoms with E-state index < -0.39 is 6.04 Å². The number of hydrogen-bond acceptors (Lipinski definition) is 4. The molecule has 3 fully saturated rings. The maximum Gasteiger partial charge on any atom is 0.241 e. The van der Waals surface area contributed by atoms with Crippen LogP contribution in [0.5, 0.6) is 0 Å². The Morgan fingerprint density at radius 2 is 1.64 bits per heavy atom. The fourth-order valence-corrected chi connectivity index (χ4v) is 8.81. The topological polar surface area (TPSA) is 53.4 Å². The van der Waals surface area contributed by atoms with Gasteiger partial charge in [0.2, 0.25) is 5.91 Å². The summed E-state index contributed by atoms with van der Waals surface area (Å²) in [6.07, 6.45) is 7.32. The third-order valence-corrected chi connectivity index (χ3v) is 11.1. The van der Waals surface area contributed by atoms with Gasteiger partial charge in [0.25, 0.3) is 0 Å². The summed E-state index contributed by atoms with van der Waals surface area (Å²) in [5.41, 5.74) is 3.98. The predicted molar refractivity (Wildman–Crippen MR) is 173 cm³/mol. The lowest BCUT2D eigenvalue weighted by atomic mass is 9.70. The Balaban J connectivity index is 1.09. The number of aromatic nitrogens is 2. The highest BCUT2D eigenvalue weighted by Gasteiger charge is 2.45. The maximum absolute atomic E-state index is 14.6. The van der Waals surface area contributed by atoms with Crippen LogP contribution in [0.1, 0.15) is 74.0 Å². The summed E-state index contributed by atoms with van der Waals surface area (Å²) in [5, 5.41) is 2.81. The number of halogens is 2. The second-order valence-electron chi connectivity index (χ2n) is 13.4. The summed E-state index contributed by atoms with van der Waals surface area (Å²) >= 11 is 0. The second-order valence-corrected chi connectivity index (χ2v) is 13.4. The predicted octanol–water partition coefficient (Wildman–Crippen LogP) is 6.70. The number of carbonyl (C=O) groups is 1. The van der Waals surface area contributed by atoms with Crippen LogP contribution in [0.25, 0.3) is 11.0 Å². The lowest BCUT2D eigenvalue weighted by Crippen LogP contribution is -2.50. The normalized spacial score (nSPS) is 24.1. The summed E-state index contributed by atoms with van der Waals surface area (Å²) in [5.74, 6) is 0.485. The number of nitrogens with zero attached hydrogens (tertiary/aromatic N) is 4. The average Bonchev–Trinajstić information content (AvgIpc) is 3.51. The van der Waals surface area contributed by atoms with Crippen molar-refractivity contribution in [1.82, 2.24) is 24.7 Å². The highest BCUT2D eigenvalue weighted by atomic mass is 19.1. The van der Waals surface area contributed by atoms with Gasteiger partial charge in [0.05, 0.1) is 11.0 Å². The molecule has 0 aliphatic carbocycles. The van der Waals surface area contributed by atoms with Crippen LogP contribution in [0.2, 0.25) is 0 Å². The number of rotatable bonds is 8. The number of carbonyl (C=O) groups excluding carboxylic acids is 1. The number of benzene rings is 3. The van der Waals surface area contributed by atoms with E-state index in [1.165, 1.54) is 36.6 Å².